The van der Waals surface area contributed by atoms with Crippen molar-refractivity contribution in [3.63, 3.8) is 0 Å². The van der Waals surface area contributed by atoms with Gasteiger partial charge in [0.25, 0.3) is 0 Å². The average Bonchev–Trinajstić information content (AvgIpc) is 2.11. The summed E-state index contributed by atoms with van der Waals surface area (Å²) in [5.74, 6) is -0.361. The van der Waals surface area contributed by atoms with Gasteiger partial charge in [-0.15, -0.1) is 0 Å². The second-order valence-electron chi connectivity index (χ2n) is 3.19. The van der Waals surface area contributed by atoms with Crippen LogP contribution in [0.3, 0.4) is 0 Å². The SMILES string of the molecule is NC(CO)CN1C(=O)CCCC1=O. The van der Waals surface area contributed by atoms with Crippen LogP contribution in [0.4, 0.5) is 0 Å². The Balaban J connectivity index is 2.54. The number of likely N-dealkylation sites (tertiary alicyclic amines) is 1. The largest absolute Gasteiger partial charge is 0.395 e. The maximum atomic E-state index is 11.2. The first-order valence-electron chi connectivity index (χ1n) is 4.34. The van der Waals surface area contributed by atoms with Gasteiger partial charge in [0.1, 0.15) is 0 Å². The summed E-state index contributed by atoms with van der Waals surface area (Å²) in [4.78, 5) is 23.6. The molecule has 1 atom stereocenters. The predicted octanol–water partition coefficient (Wildman–Crippen LogP) is -1.15. The highest BCUT2D eigenvalue weighted by atomic mass is 16.3. The Morgan fingerprint density at radius 2 is 1.92 bits per heavy atom. The van der Waals surface area contributed by atoms with E-state index in [2.05, 4.69) is 0 Å². The minimum absolute atomic E-state index is 0.133. The zero-order valence-corrected chi connectivity index (χ0v) is 7.40. The molecule has 0 aliphatic carbocycles. The van der Waals surface area contributed by atoms with Crippen molar-refractivity contribution in [2.45, 2.75) is 25.3 Å². The monoisotopic (exact) mass is 186 g/mol. The highest BCUT2D eigenvalue weighted by Gasteiger charge is 2.26. The molecule has 5 heteroatoms. The normalized spacial score (nSPS) is 20.6. The van der Waals surface area contributed by atoms with E-state index < -0.39 is 6.04 Å². The number of hydrogen-bond donors (Lipinski definition) is 2. The molecule has 0 radical (unpaired) electrons. The highest BCUT2D eigenvalue weighted by Crippen LogP contribution is 2.11. The van der Waals surface area contributed by atoms with Crippen LogP contribution in [0.1, 0.15) is 19.3 Å². The summed E-state index contributed by atoms with van der Waals surface area (Å²) >= 11 is 0. The Morgan fingerprint density at radius 1 is 1.38 bits per heavy atom. The fourth-order valence-electron chi connectivity index (χ4n) is 1.30. The number of rotatable bonds is 3. The number of nitrogens with two attached hydrogens (primary N) is 1. The maximum absolute atomic E-state index is 11.2. The lowest BCUT2D eigenvalue weighted by atomic mass is 10.1. The van der Waals surface area contributed by atoms with Crippen LogP contribution < -0.4 is 5.73 Å². The third kappa shape index (κ3) is 2.50. The van der Waals surface area contributed by atoms with Gasteiger partial charge < -0.3 is 10.8 Å². The summed E-state index contributed by atoms with van der Waals surface area (Å²) in [7, 11) is 0. The average molecular weight is 186 g/mol. The van der Waals surface area contributed by atoms with Crippen molar-refractivity contribution in [3.05, 3.63) is 0 Å². The van der Waals surface area contributed by atoms with E-state index in [0.717, 1.165) is 4.90 Å². The van der Waals surface area contributed by atoms with Gasteiger partial charge in [-0.2, -0.15) is 0 Å². The molecular weight excluding hydrogens is 172 g/mol. The van der Waals surface area contributed by atoms with Gasteiger partial charge in [-0.1, -0.05) is 0 Å². The summed E-state index contributed by atoms with van der Waals surface area (Å²) in [6, 6.07) is -0.522. The summed E-state index contributed by atoms with van der Waals surface area (Å²) in [6.45, 7) is -0.0781. The van der Waals surface area contributed by atoms with Crippen LogP contribution in [0.25, 0.3) is 0 Å². The summed E-state index contributed by atoms with van der Waals surface area (Å²) < 4.78 is 0. The van der Waals surface area contributed by atoms with Crippen LogP contribution in [0, 0.1) is 0 Å². The smallest absolute Gasteiger partial charge is 0.229 e. The van der Waals surface area contributed by atoms with Gasteiger partial charge in [-0.05, 0) is 6.42 Å². The quantitative estimate of drug-likeness (QED) is 0.545. The van der Waals surface area contributed by atoms with E-state index in [-0.39, 0.29) is 25.0 Å². The summed E-state index contributed by atoms with van der Waals surface area (Å²) in [5.41, 5.74) is 5.43. The molecule has 3 N–H and O–H groups in total. The molecular formula is C8H14N2O3. The topological polar surface area (TPSA) is 83.6 Å². The third-order valence-corrected chi connectivity index (χ3v) is 2.03. The van der Waals surface area contributed by atoms with Crippen molar-refractivity contribution >= 4 is 11.8 Å². The van der Waals surface area contributed by atoms with E-state index in [1.165, 1.54) is 0 Å². The number of nitrogens with zero attached hydrogens (tertiary/aromatic N) is 1. The standard InChI is InChI=1S/C8H14N2O3/c9-6(5-11)4-10-7(12)2-1-3-8(10)13/h6,11H,1-5,9H2. The molecule has 74 valence electrons. The van der Waals surface area contributed by atoms with Crippen LogP contribution in [0.15, 0.2) is 0 Å². The van der Waals surface area contributed by atoms with Crippen molar-refractivity contribution in [1.82, 2.24) is 4.90 Å². The molecule has 1 saturated heterocycles. The molecule has 0 spiro atoms. The van der Waals surface area contributed by atoms with Crippen molar-refractivity contribution in [1.29, 1.82) is 0 Å². The first kappa shape index (κ1) is 10.1. The lowest BCUT2D eigenvalue weighted by molar-refractivity contribution is -0.148. The lowest BCUT2D eigenvalue weighted by Gasteiger charge is -2.26. The molecule has 0 aromatic rings. The first-order valence-corrected chi connectivity index (χ1v) is 4.34. The van der Waals surface area contributed by atoms with Crippen LogP contribution in [0.5, 0.6) is 0 Å². The molecule has 1 aliphatic heterocycles. The molecule has 0 bridgehead atoms. The molecule has 1 fully saturated rings. The number of aliphatic hydroxyl groups excluding tert-OH is 1. The molecule has 1 heterocycles. The zero-order chi connectivity index (χ0) is 9.84. The van der Waals surface area contributed by atoms with Gasteiger partial charge in [0, 0.05) is 25.4 Å². The second kappa shape index (κ2) is 4.34. The molecule has 5 nitrogen and oxygen atoms in total. The van der Waals surface area contributed by atoms with Gasteiger partial charge in [-0.3, -0.25) is 14.5 Å². The molecule has 1 unspecified atom stereocenters. The molecule has 0 aromatic heterocycles. The minimum atomic E-state index is -0.522. The van der Waals surface area contributed by atoms with E-state index in [1.54, 1.807) is 0 Å². The van der Waals surface area contributed by atoms with E-state index in [0.29, 0.717) is 19.3 Å². The fourth-order valence-corrected chi connectivity index (χ4v) is 1.30. The van der Waals surface area contributed by atoms with Crippen LogP contribution >= 0.6 is 0 Å². The highest BCUT2D eigenvalue weighted by molar-refractivity contribution is 5.97. The molecule has 0 aromatic carbocycles. The molecule has 1 rings (SSSR count). The van der Waals surface area contributed by atoms with Crippen LogP contribution in [0.2, 0.25) is 0 Å². The van der Waals surface area contributed by atoms with Gasteiger partial charge in [0.05, 0.1) is 6.61 Å². The third-order valence-electron chi connectivity index (χ3n) is 2.03. The van der Waals surface area contributed by atoms with Crippen molar-refractivity contribution in [3.8, 4) is 0 Å². The first-order chi connectivity index (χ1) is 6.15. The van der Waals surface area contributed by atoms with Crippen LogP contribution in [-0.4, -0.2) is 41.0 Å². The van der Waals surface area contributed by atoms with E-state index >= 15 is 0 Å². The van der Waals surface area contributed by atoms with E-state index in [9.17, 15) is 9.59 Å². The number of piperidine rings is 1. The second-order valence-corrected chi connectivity index (χ2v) is 3.19. The number of carbonyl (C=O) groups excluding carboxylic acids is 2. The number of carbonyl (C=O) groups is 2. The number of amides is 2. The Labute approximate surface area is 76.5 Å². The summed E-state index contributed by atoms with van der Waals surface area (Å²) in [6.07, 6.45) is 1.44. The molecule has 0 saturated carbocycles. The van der Waals surface area contributed by atoms with E-state index in [4.69, 9.17) is 10.8 Å². The van der Waals surface area contributed by atoms with Gasteiger partial charge in [0.2, 0.25) is 11.8 Å². The Kier molecular flexibility index (Phi) is 3.39. The van der Waals surface area contributed by atoms with Crippen LogP contribution in [-0.2, 0) is 9.59 Å². The van der Waals surface area contributed by atoms with Crippen molar-refractivity contribution in [2.75, 3.05) is 13.2 Å². The number of imide groups is 1. The Morgan fingerprint density at radius 3 is 2.38 bits per heavy atom. The number of aliphatic hydroxyl groups is 1. The number of hydrogen-bond acceptors (Lipinski definition) is 4. The Hall–Kier alpha value is -0.940. The minimum Gasteiger partial charge on any atom is -0.395 e. The van der Waals surface area contributed by atoms with Gasteiger partial charge in [0.15, 0.2) is 0 Å². The molecule has 13 heavy (non-hydrogen) atoms. The summed E-state index contributed by atoms with van der Waals surface area (Å²) in [5, 5.41) is 8.66. The lowest BCUT2D eigenvalue weighted by Crippen LogP contribution is -2.47. The molecule has 1 aliphatic rings. The fraction of sp³-hybridized carbons (Fsp3) is 0.750. The van der Waals surface area contributed by atoms with Gasteiger partial charge in [-0.25, -0.2) is 0 Å². The Bertz CT molecular complexity index is 201. The van der Waals surface area contributed by atoms with Crippen molar-refractivity contribution in [2.24, 2.45) is 5.73 Å². The van der Waals surface area contributed by atoms with Gasteiger partial charge >= 0.3 is 0 Å². The van der Waals surface area contributed by atoms with Crippen molar-refractivity contribution < 1.29 is 14.7 Å². The molecule has 2 amide bonds. The van der Waals surface area contributed by atoms with E-state index in [1.807, 2.05) is 0 Å². The zero-order valence-electron chi connectivity index (χ0n) is 7.40. The maximum Gasteiger partial charge on any atom is 0.229 e. The predicted molar refractivity (Wildman–Crippen MR) is 45.6 cm³/mol.